The first kappa shape index (κ1) is 19.1. The third-order valence-corrected chi connectivity index (χ3v) is 4.52. The number of aromatic nitrogens is 4. The standard InChI is InChI=1S/C17H15BrClN5O3/c18-12-3-1-11(2-4-12)9-23-10-13(19)16(22-23)21-15(25)6-8-24-14(17(26)27)5-7-20-24/h1-5,7,10H,6,8-9H2,(H,26,27)(H,21,22,25). The number of nitrogens with zero attached hydrogens (tertiary/aromatic N) is 4. The molecule has 0 aliphatic rings. The molecule has 0 atom stereocenters. The largest absolute Gasteiger partial charge is 0.477 e. The van der Waals surface area contributed by atoms with Crippen LogP contribution in [0.25, 0.3) is 0 Å². The maximum Gasteiger partial charge on any atom is 0.354 e. The summed E-state index contributed by atoms with van der Waals surface area (Å²) in [7, 11) is 0. The van der Waals surface area contributed by atoms with Gasteiger partial charge >= 0.3 is 5.97 Å². The van der Waals surface area contributed by atoms with Gasteiger partial charge in [-0.1, -0.05) is 39.7 Å². The summed E-state index contributed by atoms with van der Waals surface area (Å²) in [5.41, 5.74) is 1.06. The van der Waals surface area contributed by atoms with Gasteiger partial charge in [-0.3, -0.25) is 14.2 Å². The zero-order valence-electron chi connectivity index (χ0n) is 14.0. The van der Waals surface area contributed by atoms with Gasteiger partial charge in [-0.15, -0.1) is 0 Å². The van der Waals surface area contributed by atoms with E-state index in [2.05, 4.69) is 31.4 Å². The third-order valence-electron chi connectivity index (χ3n) is 3.72. The van der Waals surface area contributed by atoms with Gasteiger partial charge in [0.15, 0.2) is 5.82 Å². The van der Waals surface area contributed by atoms with E-state index in [0.29, 0.717) is 11.6 Å². The second-order valence-electron chi connectivity index (χ2n) is 5.69. The number of rotatable bonds is 7. The number of carbonyl (C=O) groups is 2. The van der Waals surface area contributed by atoms with Crippen LogP contribution in [-0.4, -0.2) is 36.5 Å². The van der Waals surface area contributed by atoms with E-state index in [1.54, 1.807) is 10.9 Å². The molecule has 0 saturated carbocycles. The smallest absolute Gasteiger partial charge is 0.354 e. The van der Waals surface area contributed by atoms with Crippen molar-refractivity contribution in [3.8, 4) is 0 Å². The number of hydrogen-bond donors (Lipinski definition) is 2. The van der Waals surface area contributed by atoms with E-state index in [1.807, 2.05) is 24.3 Å². The predicted octanol–water partition coefficient (Wildman–Crippen LogP) is 3.27. The highest BCUT2D eigenvalue weighted by Gasteiger charge is 2.14. The SMILES string of the molecule is O=C(CCn1nccc1C(=O)O)Nc1nn(Cc2ccc(Br)cc2)cc1Cl. The molecular formula is C17H15BrClN5O3. The topological polar surface area (TPSA) is 102 Å². The van der Waals surface area contributed by atoms with Crippen LogP contribution in [-0.2, 0) is 17.9 Å². The summed E-state index contributed by atoms with van der Waals surface area (Å²) in [6.07, 6.45) is 3.05. The van der Waals surface area contributed by atoms with Crippen LogP contribution >= 0.6 is 27.5 Å². The van der Waals surface area contributed by atoms with Crippen LogP contribution in [0.4, 0.5) is 5.82 Å². The zero-order chi connectivity index (χ0) is 19.4. The molecule has 1 amide bonds. The molecule has 0 aliphatic heterocycles. The molecular weight excluding hydrogens is 438 g/mol. The summed E-state index contributed by atoms with van der Waals surface area (Å²) in [6.45, 7) is 0.649. The number of carboxylic acid groups (broad SMARTS) is 1. The van der Waals surface area contributed by atoms with Crippen molar-refractivity contribution in [1.82, 2.24) is 19.6 Å². The van der Waals surface area contributed by atoms with E-state index in [4.69, 9.17) is 16.7 Å². The normalized spacial score (nSPS) is 10.7. The van der Waals surface area contributed by atoms with Crippen molar-refractivity contribution in [2.75, 3.05) is 5.32 Å². The summed E-state index contributed by atoms with van der Waals surface area (Å²) in [5.74, 6) is -1.17. The van der Waals surface area contributed by atoms with Gasteiger partial charge in [-0.05, 0) is 23.8 Å². The number of carboxylic acids is 1. The Balaban J connectivity index is 1.59. The Morgan fingerprint density at radius 1 is 1.22 bits per heavy atom. The fourth-order valence-electron chi connectivity index (χ4n) is 2.43. The van der Waals surface area contributed by atoms with Crippen molar-refractivity contribution in [2.45, 2.75) is 19.5 Å². The number of aromatic carboxylic acids is 1. The first-order valence-corrected chi connectivity index (χ1v) is 9.12. The van der Waals surface area contributed by atoms with Crippen LogP contribution < -0.4 is 5.32 Å². The summed E-state index contributed by atoms with van der Waals surface area (Å²) < 4.78 is 3.88. The molecule has 2 aromatic heterocycles. The van der Waals surface area contributed by atoms with Gasteiger partial charge in [0, 0.05) is 23.3 Å². The van der Waals surface area contributed by atoms with Crippen LogP contribution in [0.2, 0.25) is 5.02 Å². The average molecular weight is 453 g/mol. The molecule has 140 valence electrons. The number of anilines is 1. The first-order chi connectivity index (χ1) is 12.9. The minimum atomic E-state index is -1.09. The highest BCUT2D eigenvalue weighted by atomic mass is 79.9. The fraction of sp³-hybridized carbons (Fsp3) is 0.176. The lowest BCUT2D eigenvalue weighted by molar-refractivity contribution is -0.116. The summed E-state index contributed by atoms with van der Waals surface area (Å²) in [4.78, 5) is 23.2. The van der Waals surface area contributed by atoms with Gasteiger partial charge in [0.1, 0.15) is 10.7 Å². The lowest BCUT2D eigenvalue weighted by Gasteiger charge is -2.05. The summed E-state index contributed by atoms with van der Waals surface area (Å²) >= 11 is 9.53. The van der Waals surface area contributed by atoms with Crippen LogP contribution in [0.5, 0.6) is 0 Å². The molecule has 0 saturated heterocycles. The maximum atomic E-state index is 12.1. The van der Waals surface area contributed by atoms with Crippen molar-refractivity contribution in [1.29, 1.82) is 0 Å². The minimum absolute atomic E-state index is 0.0274. The van der Waals surface area contributed by atoms with E-state index in [0.717, 1.165) is 10.0 Å². The highest BCUT2D eigenvalue weighted by Crippen LogP contribution is 2.20. The van der Waals surface area contributed by atoms with Crippen LogP contribution in [0.3, 0.4) is 0 Å². The van der Waals surface area contributed by atoms with E-state index >= 15 is 0 Å². The molecule has 1 aromatic carbocycles. The molecule has 0 spiro atoms. The number of aryl methyl sites for hydroxylation is 1. The molecule has 8 nitrogen and oxygen atoms in total. The number of amides is 1. The lowest BCUT2D eigenvalue weighted by atomic mass is 10.2. The second kappa shape index (κ2) is 8.36. The quantitative estimate of drug-likeness (QED) is 0.573. The molecule has 0 aliphatic carbocycles. The van der Waals surface area contributed by atoms with Gasteiger partial charge < -0.3 is 10.4 Å². The van der Waals surface area contributed by atoms with Gasteiger partial charge in [0.2, 0.25) is 5.91 Å². The number of nitrogens with one attached hydrogen (secondary N) is 1. The zero-order valence-corrected chi connectivity index (χ0v) is 16.3. The molecule has 0 radical (unpaired) electrons. The van der Waals surface area contributed by atoms with Crippen LogP contribution in [0.1, 0.15) is 22.5 Å². The van der Waals surface area contributed by atoms with Crippen molar-refractivity contribution >= 4 is 45.2 Å². The Labute approximate surface area is 167 Å². The molecule has 2 N–H and O–H groups in total. The monoisotopic (exact) mass is 451 g/mol. The molecule has 3 aromatic rings. The predicted molar refractivity (Wildman–Crippen MR) is 103 cm³/mol. The number of benzene rings is 1. The van der Waals surface area contributed by atoms with Gasteiger partial charge in [0.25, 0.3) is 0 Å². The maximum absolute atomic E-state index is 12.1. The molecule has 2 heterocycles. The fourth-order valence-corrected chi connectivity index (χ4v) is 2.90. The van der Waals surface area contributed by atoms with Crippen LogP contribution in [0.15, 0.2) is 47.2 Å². The van der Waals surface area contributed by atoms with Crippen molar-refractivity contribution in [3.05, 3.63) is 63.5 Å². The van der Waals surface area contributed by atoms with Crippen molar-refractivity contribution in [2.24, 2.45) is 0 Å². The van der Waals surface area contributed by atoms with E-state index < -0.39 is 5.97 Å². The molecule has 0 bridgehead atoms. The number of halogens is 2. The van der Waals surface area contributed by atoms with Crippen LogP contribution in [0, 0.1) is 0 Å². The minimum Gasteiger partial charge on any atom is -0.477 e. The molecule has 3 rings (SSSR count). The lowest BCUT2D eigenvalue weighted by Crippen LogP contribution is -2.18. The summed E-state index contributed by atoms with van der Waals surface area (Å²) in [5, 5.41) is 20.2. The van der Waals surface area contributed by atoms with Gasteiger partial charge in [-0.25, -0.2) is 4.79 Å². The Bertz CT molecular complexity index is 967. The first-order valence-electron chi connectivity index (χ1n) is 7.95. The van der Waals surface area contributed by atoms with E-state index in [1.165, 1.54) is 16.9 Å². The second-order valence-corrected chi connectivity index (χ2v) is 7.02. The number of carbonyl (C=O) groups excluding carboxylic acids is 1. The Hall–Kier alpha value is -2.65. The van der Waals surface area contributed by atoms with E-state index in [9.17, 15) is 9.59 Å². The molecule has 0 unspecified atom stereocenters. The average Bonchev–Trinajstić information content (AvgIpc) is 3.22. The molecule has 0 fully saturated rings. The number of hydrogen-bond acceptors (Lipinski definition) is 4. The van der Waals surface area contributed by atoms with Gasteiger partial charge in [0.05, 0.1) is 13.1 Å². The molecule has 10 heteroatoms. The summed E-state index contributed by atoms with van der Waals surface area (Å²) in [6, 6.07) is 9.17. The Kier molecular flexibility index (Phi) is 5.92. The Morgan fingerprint density at radius 3 is 2.67 bits per heavy atom. The highest BCUT2D eigenvalue weighted by molar-refractivity contribution is 9.10. The van der Waals surface area contributed by atoms with Crippen molar-refractivity contribution < 1.29 is 14.7 Å². The third kappa shape index (κ3) is 4.95. The molecule has 27 heavy (non-hydrogen) atoms. The van der Waals surface area contributed by atoms with Gasteiger partial charge in [-0.2, -0.15) is 10.2 Å². The van der Waals surface area contributed by atoms with E-state index in [-0.39, 0.29) is 30.4 Å². The Morgan fingerprint density at radius 2 is 1.96 bits per heavy atom. The van der Waals surface area contributed by atoms with Crippen molar-refractivity contribution in [3.63, 3.8) is 0 Å².